The molecule has 2 heterocycles. The maximum absolute atomic E-state index is 11.7. The topological polar surface area (TPSA) is 59.2 Å². The van der Waals surface area contributed by atoms with Crippen molar-refractivity contribution in [3.63, 3.8) is 0 Å². The molecule has 0 unspecified atom stereocenters. The minimum Gasteiger partial charge on any atom is -0.338 e. The van der Waals surface area contributed by atoms with E-state index in [9.17, 15) is 4.79 Å². The van der Waals surface area contributed by atoms with E-state index in [-0.39, 0.29) is 11.9 Å². The molecule has 2 N–H and O–H groups in total. The zero-order valence-corrected chi connectivity index (χ0v) is 9.04. The molecule has 2 rings (SSSR count). The summed E-state index contributed by atoms with van der Waals surface area (Å²) in [7, 11) is 0. The molecule has 0 spiro atoms. The minimum atomic E-state index is 0.0126. The molecule has 1 aliphatic rings. The SMILES string of the molecule is N[C@@H]1CCN(C(=O)/C=C/c2ccccn2)C1. The predicted molar refractivity (Wildman–Crippen MR) is 62.4 cm³/mol. The summed E-state index contributed by atoms with van der Waals surface area (Å²) < 4.78 is 0. The molecule has 0 saturated carbocycles. The smallest absolute Gasteiger partial charge is 0.246 e. The van der Waals surface area contributed by atoms with Crippen molar-refractivity contribution in [2.24, 2.45) is 5.73 Å². The number of aromatic nitrogens is 1. The van der Waals surface area contributed by atoms with Gasteiger partial charge in [0.15, 0.2) is 0 Å². The van der Waals surface area contributed by atoms with Crippen LogP contribution in [-0.4, -0.2) is 34.9 Å². The van der Waals surface area contributed by atoms with Crippen LogP contribution in [0, 0.1) is 0 Å². The van der Waals surface area contributed by atoms with Gasteiger partial charge in [-0.25, -0.2) is 0 Å². The number of amides is 1. The van der Waals surface area contributed by atoms with Gasteiger partial charge >= 0.3 is 0 Å². The third-order valence-corrected chi connectivity index (χ3v) is 2.62. The number of pyridine rings is 1. The first-order valence-corrected chi connectivity index (χ1v) is 5.39. The minimum absolute atomic E-state index is 0.0126. The van der Waals surface area contributed by atoms with E-state index >= 15 is 0 Å². The first-order chi connectivity index (χ1) is 7.75. The Balaban J connectivity index is 1.95. The summed E-state index contributed by atoms with van der Waals surface area (Å²) in [6.45, 7) is 1.41. The molecule has 0 bridgehead atoms. The maximum atomic E-state index is 11.7. The largest absolute Gasteiger partial charge is 0.338 e. The van der Waals surface area contributed by atoms with Crippen LogP contribution in [0.5, 0.6) is 0 Å². The van der Waals surface area contributed by atoms with Gasteiger partial charge in [0, 0.05) is 31.4 Å². The first-order valence-electron chi connectivity index (χ1n) is 5.39. The van der Waals surface area contributed by atoms with E-state index in [1.165, 1.54) is 0 Å². The van der Waals surface area contributed by atoms with Gasteiger partial charge in [-0.15, -0.1) is 0 Å². The Morgan fingerprint density at radius 3 is 3.06 bits per heavy atom. The Hall–Kier alpha value is -1.68. The highest BCUT2D eigenvalue weighted by Gasteiger charge is 2.21. The van der Waals surface area contributed by atoms with Gasteiger partial charge in [-0.1, -0.05) is 6.07 Å². The van der Waals surface area contributed by atoms with Gasteiger partial charge in [0.25, 0.3) is 0 Å². The molecule has 1 aromatic rings. The number of carbonyl (C=O) groups is 1. The highest BCUT2D eigenvalue weighted by Crippen LogP contribution is 2.08. The standard InChI is InChI=1S/C12H15N3O/c13-10-6-8-15(9-10)12(16)5-4-11-3-1-2-7-14-11/h1-5,7,10H,6,8-9,13H2/b5-4+/t10-/m1/s1. The summed E-state index contributed by atoms with van der Waals surface area (Å²) in [6.07, 6.45) is 5.88. The van der Waals surface area contributed by atoms with Crippen LogP contribution in [0.1, 0.15) is 12.1 Å². The normalized spacial score (nSPS) is 20.6. The van der Waals surface area contributed by atoms with Gasteiger partial charge in [0.1, 0.15) is 0 Å². The van der Waals surface area contributed by atoms with E-state index in [2.05, 4.69) is 4.98 Å². The number of rotatable bonds is 2. The highest BCUT2D eigenvalue weighted by atomic mass is 16.2. The Labute approximate surface area is 94.8 Å². The molecule has 1 aliphatic heterocycles. The van der Waals surface area contributed by atoms with Crippen LogP contribution >= 0.6 is 0 Å². The number of nitrogens with two attached hydrogens (primary N) is 1. The first kappa shape index (κ1) is 10.8. The van der Waals surface area contributed by atoms with Crippen molar-refractivity contribution in [2.75, 3.05) is 13.1 Å². The number of nitrogens with zero attached hydrogens (tertiary/aromatic N) is 2. The molecule has 4 heteroatoms. The average Bonchev–Trinajstić information content (AvgIpc) is 2.74. The van der Waals surface area contributed by atoms with Crippen molar-refractivity contribution in [2.45, 2.75) is 12.5 Å². The number of carbonyl (C=O) groups excluding carboxylic acids is 1. The lowest BCUT2D eigenvalue weighted by atomic mass is 10.3. The zero-order chi connectivity index (χ0) is 11.4. The van der Waals surface area contributed by atoms with E-state index in [4.69, 9.17) is 5.73 Å². The molecular formula is C12H15N3O. The highest BCUT2D eigenvalue weighted by molar-refractivity contribution is 5.91. The molecule has 1 saturated heterocycles. The molecule has 16 heavy (non-hydrogen) atoms. The second-order valence-corrected chi connectivity index (χ2v) is 3.92. The molecule has 0 radical (unpaired) electrons. The predicted octanol–water partition coefficient (Wildman–Crippen LogP) is 0.654. The quantitative estimate of drug-likeness (QED) is 0.740. The summed E-state index contributed by atoms with van der Waals surface area (Å²) in [5, 5.41) is 0. The summed E-state index contributed by atoms with van der Waals surface area (Å²) in [6, 6.07) is 5.73. The Morgan fingerprint density at radius 2 is 2.44 bits per heavy atom. The molecule has 1 fully saturated rings. The van der Waals surface area contributed by atoms with Gasteiger partial charge in [-0.2, -0.15) is 0 Å². The molecule has 84 valence electrons. The molecule has 0 aromatic carbocycles. The molecule has 1 amide bonds. The number of hydrogen-bond acceptors (Lipinski definition) is 3. The van der Waals surface area contributed by atoms with Crippen LogP contribution in [0.4, 0.5) is 0 Å². The molecule has 4 nitrogen and oxygen atoms in total. The van der Waals surface area contributed by atoms with Crippen LogP contribution in [-0.2, 0) is 4.79 Å². The van der Waals surface area contributed by atoms with Crippen molar-refractivity contribution < 1.29 is 4.79 Å². The van der Waals surface area contributed by atoms with Crippen molar-refractivity contribution >= 4 is 12.0 Å². The summed E-state index contributed by atoms with van der Waals surface area (Å²) in [5.74, 6) is 0.0126. The fraction of sp³-hybridized carbons (Fsp3) is 0.333. The van der Waals surface area contributed by atoms with Crippen molar-refractivity contribution in [1.29, 1.82) is 0 Å². The summed E-state index contributed by atoms with van der Waals surface area (Å²) in [5.41, 5.74) is 6.53. The van der Waals surface area contributed by atoms with Gasteiger partial charge in [0.2, 0.25) is 5.91 Å². The zero-order valence-electron chi connectivity index (χ0n) is 9.04. The van der Waals surface area contributed by atoms with E-state index in [1.54, 1.807) is 23.2 Å². The average molecular weight is 217 g/mol. The second kappa shape index (κ2) is 4.90. The second-order valence-electron chi connectivity index (χ2n) is 3.92. The van der Waals surface area contributed by atoms with E-state index in [0.717, 1.165) is 18.7 Å². The Kier molecular flexibility index (Phi) is 3.31. The van der Waals surface area contributed by atoms with Crippen LogP contribution < -0.4 is 5.73 Å². The van der Waals surface area contributed by atoms with Gasteiger partial charge in [0.05, 0.1) is 5.69 Å². The van der Waals surface area contributed by atoms with Crippen LogP contribution in [0.15, 0.2) is 30.5 Å². The van der Waals surface area contributed by atoms with Crippen LogP contribution in [0.25, 0.3) is 6.08 Å². The third-order valence-electron chi connectivity index (χ3n) is 2.62. The summed E-state index contributed by atoms with van der Waals surface area (Å²) in [4.78, 5) is 17.6. The molecule has 1 aromatic heterocycles. The van der Waals surface area contributed by atoms with Gasteiger partial charge in [-0.3, -0.25) is 9.78 Å². The lowest BCUT2D eigenvalue weighted by molar-refractivity contribution is -0.124. The third kappa shape index (κ3) is 2.67. The monoisotopic (exact) mass is 217 g/mol. The Morgan fingerprint density at radius 1 is 1.56 bits per heavy atom. The van der Waals surface area contributed by atoms with E-state index < -0.39 is 0 Å². The lowest BCUT2D eigenvalue weighted by Crippen LogP contribution is -2.30. The fourth-order valence-electron chi connectivity index (χ4n) is 1.72. The molecular weight excluding hydrogens is 202 g/mol. The van der Waals surface area contributed by atoms with Gasteiger partial charge < -0.3 is 10.6 Å². The number of hydrogen-bond donors (Lipinski definition) is 1. The van der Waals surface area contributed by atoms with Crippen molar-refractivity contribution in [1.82, 2.24) is 9.88 Å². The van der Waals surface area contributed by atoms with E-state index in [0.29, 0.717) is 6.54 Å². The maximum Gasteiger partial charge on any atom is 0.246 e. The van der Waals surface area contributed by atoms with Crippen molar-refractivity contribution in [3.8, 4) is 0 Å². The molecule has 1 atom stereocenters. The summed E-state index contributed by atoms with van der Waals surface area (Å²) >= 11 is 0. The number of likely N-dealkylation sites (tertiary alicyclic amines) is 1. The fourth-order valence-corrected chi connectivity index (χ4v) is 1.72. The van der Waals surface area contributed by atoms with Crippen LogP contribution in [0.3, 0.4) is 0 Å². The van der Waals surface area contributed by atoms with E-state index in [1.807, 2.05) is 18.2 Å². The lowest BCUT2D eigenvalue weighted by Gasteiger charge is -2.12. The Bertz CT molecular complexity index is 389. The van der Waals surface area contributed by atoms with Crippen LogP contribution in [0.2, 0.25) is 0 Å². The van der Waals surface area contributed by atoms with Crippen molar-refractivity contribution in [3.05, 3.63) is 36.2 Å². The van der Waals surface area contributed by atoms with Gasteiger partial charge in [-0.05, 0) is 24.6 Å². The molecule has 0 aliphatic carbocycles.